The van der Waals surface area contributed by atoms with Gasteiger partial charge in [-0.25, -0.2) is 4.98 Å². The van der Waals surface area contributed by atoms with Crippen molar-refractivity contribution in [1.29, 1.82) is 0 Å². The highest BCUT2D eigenvalue weighted by Gasteiger charge is 2.09. The van der Waals surface area contributed by atoms with Crippen LogP contribution in [-0.2, 0) is 0 Å². The van der Waals surface area contributed by atoms with Crippen molar-refractivity contribution in [3.05, 3.63) is 54.9 Å². The monoisotopic (exact) mass is 367 g/mol. The molecule has 3 rings (SSSR count). The lowest BCUT2D eigenvalue weighted by atomic mass is 10.2. The zero-order chi connectivity index (χ0) is 18.2. The van der Waals surface area contributed by atoms with Crippen LogP contribution in [-0.4, -0.2) is 39.5 Å². The summed E-state index contributed by atoms with van der Waals surface area (Å²) in [6, 6.07) is 13.9. The fourth-order valence-corrected chi connectivity index (χ4v) is 2.97. The van der Waals surface area contributed by atoms with Gasteiger partial charge in [0.05, 0.1) is 11.4 Å². The van der Waals surface area contributed by atoms with Crippen LogP contribution >= 0.6 is 11.8 Å². The zero-order valence-electron chi connectivity index (χ0n) is 14.5. The first kappa shape index (κ1) is 18.2. The van der Waals surface area contributed by atoms with Gasteiger partial charge >= 0.3 is 0 Å². The van der Waals surface area contributed by atoms with Crippen molar-refractivity contribution in [1.82, 2.24) is 15.0 Å². The summed E-state index contributed by atoms with van der Waals surface area (Å²) in [4.78, 5) is 14.4. The molecule has 6 nitrogen and oxygen atoms in total. The SMILES string of the molecule is CSc1ccccc1Nc1cc(-c2cccnc2)nc(NCCCO)n1. The minimum Gasteiger partial charge on any atom is -0.396 e. The molecule has 0 bridgehead atoms. The summed E-state index contributed by atoms with van der Waals surface area (Å²) in [5, 5.41) is 15.5. The molecule has 0 unspecified atom stereocenters. The van der Waals surface area contributed by atoms with Gasteiger partial charge in [0, 0.05) is 42.1 Å². The molecule has 0 aliphatic heterocycles. The number of anilines is 3. The Hall–Kier alpha value is -2.64. The minimum atomic E-state index is 0.126. The molecule has 1 aromatic carbocycles. The van der Waals surface area contributed by atoms with Crippen molar-refractivity contribution in [3.8, 4) is 11.3 Å². The zero-order valence-corrected chi connectivity index (χ0v) is 15.3. The number of hydrogen-bond acceptors (Lipinski definition) is 7. The molecular weight excluding hydrogens is 346 g/mol. The van der Waals surface area contributed by atoms with Crippen LogP contribution < -0.4 is 10.6 Å². The molecule has 0 saturated heterocycles. The Bertz CT molecular complexity index is 844. The van der Waals surface area contributed by atoms with E-state index in [1.54, 1.807) is 24.2 Å². The normalized spacial score (nSPS) is 10.5. The fraction of sp³-hybridized carbons (Fsp3) is 0.211. The van der Waals surface area contributed by atoms with Gasteiger partial charge in [-0.15, -0.1) is 11.8 Å². The van der Waals surface area contributed by atoms with E-state index < -0.39 is 0 Å². The Morgan fingerprint density at radius 2 is 2.00 bits per heavy atom. The summed E-state index contributed by atoms with van der Waals surface area (Å²) in [5.74, 6) is 1.22. The van der Waals surface area contributed by atoms with Gasteiger partial charge in [0.25, 0.3) is 0 Å². The van der Waals surface area contributed by atoms with Crippen LogP contribution in [0.5, 0.6) is 0 Å². The van der Waals surface area contributed by atoms with E-state index in [1.165, 1.54) is 0 Å². The van der Waals surface area contributed by atoms with Crippen molar-refractivity contribution in [2.75, 3.05) is 30.0 Å². The van der Waals surface area contributed by atoms with Gasteiger partial charge in [-0.3, -0.25) is 4.98 Å². The molecule has 2 aromatic heterocycles. The molecule has 0 aliphatic rings. The summed E-state index contributed by atoms with van der Waals surface area (Å²) >= 11 is 1.68. The number of nitrogens with one attached hydrogen (secondary N) is 2. The van der Waals surface area contributed by atoms with Crippen LogP contribution in [0.3, 0.4) is 0 Å². The van der Waals surface area contributed by atoms with Gasteiger partial charge in [0.2, 0.25) is 5.95 Å². The lowest BCUT2D eigenvalue weighted by Gasteiger charge is -2.13. The van der Waals surface area contributed by atoms with Gasteiger partial charge in [-0.05, 0) is 36.9 Å². The molecule has 0 amide bonds. The predicted molar refractivity (Wildman–Crippen MR) is 107 cm³/mol. The minimum absolute atomic E-state index is 0.126. The van der Waals surface area contributed by atoms with Gasteiger partial charge < -0.3 is 15.7 Å². The van der Waals surface area contributed by atoms with Crippen LogP contribution in [0.4, 0.5) is 17.5 Å². The van der Waals surface area contributed by atoms with Gasteiger partial charge in [-0.1, -0.05) is 12.1 Å². The average molecular weight is 367 g/mol. The highest BCUT2D eigenvalue weighted by molar-refractivity contribution is 7.98. The highest BCUT2D eigenvalue weighted by Crippen LogP contribution is 2.29. The van der Waals surface area contributed by atoms with Crippen LogP contribution in [0.25, 0.3) is 11.3 Å². The van der Waals surface area contributed by atoms with E-state index >= 15 is 0 Å². The Balaban J connectivity index is 1.93. The van der Waals surface area contributed by atoms with Gasteiger partial charge in [0.15, 0.2) is 0 Å². The lowest BCUT2D eigenvalue weighted by Crippen LogP contribution is -2.09. The summed E-state index contributed by atoms with van der Waals surface area (Å²) in [7, 11) is 0. The Morgan fingerprint density at radius 3 is 2.77 bits per heavy atom. The standard InChI is InChI=1S/C19H21N5OS/c1-26-17-8-3-2-7-15(17)22-18-12-16(14-6-4-9-20-13-14)23-19(24-18)21-10-5-11-25/h2-4,6-9,12-13,25H,5,10-11H2,1H3,(H2,21,22,23,24). The van der Waals surface area contributed by atoms with E-state index in [9.17, 15) is 0 Å². The number of thioether (sulfide) groups is 1. The van der Waals surface area contributed by atoms with Crippen molar-refractivity contribution in [2.24, 2.45) is 0 Å². The number of rotatable bonds is 8. The Kier molecular flexibility index (Phi) is 6.40. The molecule has 26 heavy (non-hydrogen) atoms. The number of aliphatic hydroxyl groups excluding tert-OH is 1. The van der Waals surface area contributed by atoms with E-state index in [2.05, 4.69) is 31.7 Å². The maximum absolute atomic E-state index is 8.98. The summed E-state index contributed by atoms with van der Waals surface area (Å²) in [6.45, 7) is 0.731. The second-order valence-corrected chi connectivity index (χ2v) is 6.38. The number of aliphatic hydroxyl groups is 1. The molecule has 7 heteroatoms. The van der Waals surface area contributed by atoms with Gasteiger partial charge in [0.1, 0.15) is 5.82 Å². The fourth-order valence-electron chi connectivity index (χ4n) is 2.42. The van der Waals surface area contributed by atoms with Crippen molar-refractivity contribution >= 4 is 29.2 Å². The van der Waals surface area contributed by atoms with Crippen molar-refractivity contribution in [2.45, 2.75) is 11.3 Å². The molecule has 0 radical (unpaired) electrons. The average Bonchev–Trinajstić information content (AvgIpc) is 2.69. The third-order valence-corrected chi connectivity index (χ3v) is 4.47. The maximum atomic E-state index is 8.98. The van der Waals surface area contributed by atoms with Crippen LogP contribution in [0.2, 0.25) is 0 Å². The number of nitrogens with zero attached hydrogens (tertiary/aromatic N) is 3. The molecule has 3 N–H and O–H groups in total. The van der Waals surface area contributed by atoms with Crippen LogP contribution in [0, 0.1) is 0 Å². The first-order valence-corrected chi connectivity index (χ1v) is 9.57. The number of aromatic nitrogens is 3. The lowest BCUT2D eigenvalue weighted by molar-refractivity contribution is 0.292. The second kappa shape index (κ2) is 9.17. The number of hydrogen-bond donors (Lipinski definition) is 3. The third kappa shape index (κ3) is 4.71. The summed E-state index contributed by atoms with van der Waals surface area (Å²) in [6.07, 6.45) is 6.19. The molecule has 0 saturated carbocycles. The van der Waals surface area contributed by atoms with Crippen LogP contribution in [0.1, 0.15) is 6.42 Å². The number of pyridine rings is 1. The summed E-state index contributed by atoms with van der Waals surface area (Å²) in [5.41, 5.74) is 2.70. The molecular formula is C19H21N5OS. The number of benzene rings is 1. The molecule has 0 fully saturated rings. The summed E-state index contributed by atoms with van der Waals surface area (Å²) < 4.78 is 0. The first-order valence-electron chi connectivity index (χ1n) is 8.34. The van der Waals surface area contributed by atoms with Crippen molar-refractivity contribution in [3.63, 3.8) is 0 Å². The quantitative estimate of drug-likeness (QED) is 0.412. The molecule has 134 valence electrons. The molecule has 3 aromatic rings. The smallest absolute Gasteiger partial charge is 0.225 e. The Labute approximate surface area is 157 Å². The van der Waals surface area contributed by atoms with Gasteiger partial charge in [-0.2, -0.15) is 4.98 Å². The van der Waals surface area contributed by atoms with E-state index in [0.717, 1.165) is 21.8 Å². The molecule has 0 spiro atoms. The topological polar surface area (TPSA) is 83.0 Å². The van der Waals surface area contributed by atoms with E-state index in [1.807, 2.05) is 42.7 Å². The Morgan fingerprint density at radius 1 is 1.12 bits per heavy atom. The van der Waals surface area contributed by atoms with Crippen molar-refractivity contribution < 1.29 is 5.11 Å². The largest absolute Gasteiger partial charge is 0.396 e. The maximum Gasteiger partial charge on any atom is 0.225 e. The molecule has 2 heterocycles. The van der Waals surface area contributed by atoms with E-state index in [-0.39, 0.29) is 6.61 Å². The second-order valence-electron chi connectivity index (χ2n) is 5.53. The molecule has 0 atom stereocenters. The van der Waals surface area contributed by atoms with E-state index in [0.29, 0.717) is 24.7 Å². The first-order chi connectivity index (χ1) is 12.8. The highest BCUT2D eigenvalue weighted by atomic mass is 32.2. The molecule has 0 aliphatic carbocycles. The predicted octanol–water partition coefficient (Wildman–Crippen LogP) is 3.80. The van der Waals surface area contributed by atoms with Crippen LogP contribution in [0.15, 0.2) is 59.8 Å². The third-order valence-electron chi connectivity index (χ3n) is 3.67. The van der Waals surface area contributed by atoms with E-state index in [4.69, 9.17) is 5.11 Å². The number of para-hydroxylation sites is 1.